The van der Waals surface area contributed by atoms with Crippen LogP contribution in [0.2, 0.25) is 0 Å². The Balaban J connectivity index is 0. The predicted molar refractivity (Wildman–Crippen MR) is 76.0 cm³/mol. The first-order valence-corrected chi connectivity index (χ1v) is 6.06. The fourth-order valence-corrected chi connectivity index (χ4v) is 1.16. The second-order valence-corrected chi connectivity index (χ2v) is 3.76. The maximum Gasteiger partial charge on any atom is 0.351 e. The maximum absolute atomic E-state index is 9.04. The van der Waals surface area contributed by atoms with Crippen molar-refractivity contribution in [3.8, 4) is 11.1 Å². The molecule has 0 atom stereocenters. The van der Waals surface area contributed by atoms with Gasteiger partial charge in [-0.15, -0.1) is 0 Å². The zero-order valence-corrected chi connectivity index (χ0v) is 15.0. The van der Waals surface area contributed by atoms with Crippen LogP contribution >= 0.6 is 0 Å². The van der Waals surface area contributed by atoms with Crippen LogP contribution in [0.3, 0.4) is 0 Å². The van der Waals surface area contributed by atoms with Crippen LogP contribution in [0.5, 0.6) is 0 Å². The molecule has 10 nitrogen and oxygen atoms in total. The summed E-state index contributed by atoms with van der Waals surface area (Å²) >= 11 is 0. The molecule has 0 unspecified atom stereocenters. The number of hydrogen-bond donors (Lipinski definition) is 2. The van der Waals surface area contributed by atoms with Crippen molar-refractivity contribution in [3.05, 3.63) is 49.1 Å². The molecule has 4 N–H and O–H groups in total. The van der Waals surface area contributed by atoms with Crippen LogP contribution in [0.25, 0.3) is 11.1 Å². The van der Waals surface area contributed by atoms with Gasteiger partial charge in [0.1, 0.15) is 0 Å². The van der Waals surface area contributed by atoms with Crippen LogP contribution in [0, 0.1) is 0 Å². The Morgan fingerprint density at radius 2 is 0.880 bits per heavy atom. The maximum atomic E-state index is 9.04. The van der Waals surface area contributed by atoms with Crippen LogP contribution in [0.4, 0.5) is 0 Å². The first-order chi connectivity index (χ1) is 11.3. The zero-order chi connectivity index (χ0) is 18.5. The van der Waals surface area contributed by atoms with Gasteiger partial charge < -0.3 is 30.0 Å². The van der Waals surface area contributed by atoms with E-state index >= 15 is 0 Å². The summed E-state index contributed by atoms with van der Waals surface area (Å²) in [5, 5.41) is 32.6. The van der Waals surface area contributed by atoms with E-state index in [1.165, 1.54) is 11.1 Å². The van der Waals surface area contributed by atoms with E-state index in [2.05, 4.69) is 34.2 Å². The molecule has 2 aromatic rings. The van der Waals surface area contributed by atoms with Crippen LogP contribution in [-0.4, -0.2) is 63.6 Å². The Labute approximate surface area is 163 Å². The summed E-state index contributed by atoms with van der Waals surface area (Å²) in [5.41, 5.74) is 2.45. The molecule has 2 aromatic heterocycles. The van der Waals surface area contributed by atoms with Gasteiger partial charge in [-0.05, 0) is 11.1 Å². The number of aliphatic carboxylic acids is 4. The minimum absolute atomic E-state index is 0. The molecule has 2 heterocycles. The Morgan fingerprint density at radius 3 is 1.04 bits per heavy atom. The molecule has 0 aliphatic heterocycles. The molecular weight excluding hydrogens is 347 g/mol. The van der Waals surface area contributed by atoms with Gasteiger partial charge in [-0.3, -0.25) is 0 Å². The number of carbonyl (C=O) groups is 4. The van der Waals surface area contributed by atoms with Crippen LogP contribution in [0.15, 0.2) is 49.1 Å². The first kappa shape index (κ1) is 24.4. The largest absolute Gasteiger partial charge is 0.539 e. The number of nitrogens with one attached hydrogen (secondary N) is 2. The average molecular weight is 359 g/mol. The molecule has 0 saturated carbocycles. The zero-order valence-electron chi connectivity index (χ0n) is 13.0. The van der Waals surface area contributed by atoms with Crippen LogP contribution < -0.4 is 20.2 Å². The summed E-state index contributed by atoms with van der Waals surface area (Å²) in [5.74, 6) is -8.02. The molecule has 127 valence electrons. The number of H-pyrrole nitrogens is 2. The number of rotatable bonds is 1. The third kappa shape index (κ3) is 12.3. The number of aromatic amines is 2. The number of aromatic nitrogens is 2. The Bertz CT molecular complexity index is 609. The van der Waals surface area contributed by atoms with Crippen LogP contribution in [-0.2, 0) is 19.2 Å². The number of carboxylic acids is 4. The second-order valence-electron chi connectivity index (χ2n) is 3.76. The van der Waals surface area contributed by atoms with Crippen molar-refractivity contribution < 1.29 is 49.6 Å². The molecule has 25 heavy (non-hydrogen) atoms. The number of carbonyl (C=O) groups excluding carboxylic acids is 2. The molecule has 11 heteroatoms. The standard InChI is InChI=1S/C10H8N2.2C2H2O4.Na/c1-5-11-6-2-9(1)10-3-7-12-8-4-10;2*3-1(4)2(5)6;/h1-8H;2*(H,3,4)(H,5,6);. The van der Waals surface area contributed by atoms with Gasteiger partial charge in [0.2, 0.25) is 0 Å². The second kappa shape index (κ2) is 13.6. The molecule has 0 aliphatic rings. The van der Waals surface area contributed by atoms with Gasteiger partial charge in [0.25, 0.3) is 0 Å². The SMILES string of the molecule is O=C([O-])C(=O)O.O=C([O-])C(=O)O.[Na].c1cc(-c2cc[nH+]cc2)cc[nH+]1. The monoisotopic (exact) mass is 359 g/mol. The normalized spacial score (nSPS) is 8.16. The predicted octanol–water partition coefficient (Wildman–Crippen LogP) is -3.76. The van der Waals surface area contributed by atoms with Gasteiger partial charge in [-0.2, -0.15) is 0 Å². The van der Waals surface area contributed by atoms with E-state index in [0.29, 0.717) is 0 Å². The minimum Gasteiger partial charge on any atom is -0.539 e. The van der Waals surface area contributed by atoms with Crippen molar-refractivity contribution in [2.75, 3.05) is 0 Å². The summed E-state index contributed by atoms with van der Waals surface area (Å²) in [6, 6.07) is 8.20. The third-order valence-corrected chi connectivity index (χ3v) is 2.12. The Kier molecular flexibility index (Phi) is 13.3. The summed E-state index contributed by atoms with van der Waals surface area (Å²) in [4.78, 5) is 42.0. The van der Waals surface area contributed by atoms with E-state index in [1.54, 1.807) is 0 Å². The average Bonchev–Trinajstić information content (AvgIpc) is 2.57. The molecule has 0 saturated heterocycles. The fourth-order valence-electron chi connectivity index (χ4n) is 1.16. The van der Waals surface area contributed by atoms with E-state index in [4.69, 9.17) is 39.6 Å². The van der Waals surface area contributed by atoms with Crippen molar-refractivity contribution in [2.24, 2.45) is 0 Å². The number of pyridine rings is 2. The fraction of sp³-hybridized carbons (Fsp3) is 0. The molecule has 0 spiro atoms. The van der Waals surface area contributed by atoms with Crippen LogP contribution in [0.1, 0.15) is 0 Å². The Hall–Kier alpha value is -2.82. The number of carboxylic acid groups (broad SMARTS) is 4. The van der Waals surface area contributed by atoms with Gasteiger partial charge in [-0.25, -0.2) is 19.6 Å². The van der Waals surface area contributed by atoms with Gasteiger partial charge in [-0.1, -0.05) is 0 Å². The van der Waals surface area contributed by atoms with E-state index in [0.717, 1.165) is 0 Å². The number of hydrogen-bond acceptors (Lipinski definition) is 6. The molecule has 0 bridgehead atoms. The molecule has 0 aromatic carbocycles. The summed E-state index contributed by atoms with van der Waals surface area (Å²) in [6.07, 6.45) is 7.69. The first-order valence-electron chi connectivity index (χ1n) is 6.06. The van der Waals surface area contributed by atoms with Gasteiger partial charge in [0.15, 0.2) is 36.7 Å². The summed E-state index contributed by atoms with van der Waals surface area (Å²) < 4.78 is 0. The van der Waals surface area contributed by atoms with Crippen molar-refractivity contribution in [2.45, 2.75) is 0 Å². The van der Waals surface area contributed by atoms with Gasteiger partial charge in [0, 0.05) is 53.8 Å². The third-order valence-electron chi connectivity index (χ3n) is 2.12. The van der Waals surface area contributed by atoms with Gasteiger partial charge in [0.05, 0.1) is 0 Å². The van der Waals surface area contributed by atoms with Crippen molar-refractivity contribution in [1.82, 2.24) is 0 Å². The topological polar surface area (TPSA) is 183 Å². The molecule has 0 fully saturated rings. The molecular formula is C14H12N2NaO8. The van der Waals surface area contributed by atoms with E-state index in [1.807, 2.05) is 24.8 Å². The quantitative estimate of drug-likeness (QED) is 0.384. The van der Waals surface area contributed by atoms with E-state index < -0.39 is 23.9 Å². The van der Waals surface area contributed by atoms with Crippen molar-refractivity contribution >= 4 is 53.4 Å². The minimum atomic E-state index is -2.07. The molecule has 2 rings (SSSR count). The molecule has 1 radical (unpaired) electrons. The summed E-state index contributed by atoms with van der Waals surface area (Å²) in [7, 11) is 0. The Morgan fingerprint density at radius 1 is 0.680 bits per heavy atom. The smallest absolute Gasteiger partial charge is 0.351 e. The van der Waals surface area contributed by atoms with E-state index in [-0.39, 0.29) is 29.6 Å². The molecule has 0 aliphatic carbocycles. The van der Waals surface area contributed by atoms with Gasteiger partial charge >= 0.3 is 11.9 Å². The van der Waals surface area contributed by atoms with E-state index in [9.17, 15) is 0 Å². The van der Waals surface area contributed by atoms with Crippen molar-refractivity contribution in [1.29, 1.82) is 0 Å². The summed E-state index contributed by atoms with van der Waals surface area (Å²) in [6.45, 7) is 0. The molecule has 0 amide bonds. The van der Waals surface area contributed by atoms with Crippen molar-refractivity contribution in [3.63, 3.8) is 0 Å².